The Labute approximate surface area is 112 Å². The van der Waals surface area contributed by atoms with Gasteiger partial charge in [-0.05, 0) is 24.7 Å². The summed E-state index contributed by atoms with van der Waals surface area (Å²) in [6, 6.07) is 8.92. The Morgan fingerprint density at radius 3 is 2.53 bits per heavy atom. The van der Waals surface area contributed by atoms with Gasteiger partial charge in [0.05, 0.1) is 5.92 Å². The summed E-state index contributed by atoms with van der Waals surface area (Å²) in [5.41, 5.74) is 0.586. The molecule has 0 saturated heterocycles. The lowest BCUT2D eigenvalue weighted by Gasteiger charge is -2.16. The summed E-state index contributed by atoms with van der Waals surface area (Å²) < 4.78 is 5.17. The van der Waals surface area contributed by atoms with E-state index < -0.39 is 0 Å². The number of hydrogen-bond donors (Lipinski definition) is 0. The SMILES string of the molecule is O=C(COC(=O)[C@@H]1C[C@@H]2C=C[C@H]1C2)c1ccccc1. The zero-order valence-corrected chi connectivity index (χ0v) is 10.6. The van der Waals surface area contributed by atoms with Gasteiger partial charge in [0, 0.05) is 5.56 Å². The van der Waals surface area contributed by atoms with Crippen LogP contribution in [0.4, 0.5) is 0 Å². The molecule has 3 rings (SSSR count). The van der Waals surface area contributed by atoms with Crippen LogP contribution in [0.5, 0.6) is 0 Å². The quantitative estimate of drug-likeness (QED) is 0.472. The normalized spacial score (nSPS) is 27.5. The van der Waals surface area contributed by atoms with Gasteiger partial charge in [-0.1, -0.05) is 42.5 Å². The lowest BCUT2D eigenvalue weighted by atomic mass is 9.94. The molecule has 2 aliphatic carbocycles. The monoisotopic (exact) mass is 256 g/mol. The molecule has 1 saturated carbocycles. The Kier molecular flexibility index (Phi) is 3.20. The second-order valence-electron chi connectivity index (χ2n) is 5.28. The molecule has 0 heterocycles. The molecule has 3 atom stereocenters. The van der Waals surface area contributed by atoms with Crippen LogP contribution in [-0.4, -0.2) is 18.4 Å². The number of carbonyl (C=O) groups excluding carboxylic acids is 2. The molecule has 0 aliphatic heterocycles. The predicted octanol–water partition coefficient (Wildman–Crippen LogP) is 2.62. The van der Waals surface area contributed by atoms with Gasteiger partial charge in [-0.15, -0.1) is 0 Å². The number of ketones is 1. The Morgan fingerprint density at radius 2 is 1.89 bits per heavy atom. The molecule has 0 N–H and O–H groups in total. The first-order valence-corrected chi connectivity index (χ1v) is 6.67. The highest BCUT2D eigenvalue weighted by Crippen LogP contribution is 2.43. The first-order valence-electron chi connectivity index (χ1n) is 6.67. The number of ether oxygens (including phenoxy) is 1. The summed E-state index contributed by atoms with van der Waals surface area (Å²) >= 11 is 0. The number of esters is 1. The number of fused-ring (bicyclic) bond motifs is 2. The molecule has 2 aliphatic rings. The van der Waals surface area contributed by atoms with Gasteiger partial charge in [0.1, 0.15) is 0 Å². The molecular formula is C16H16O3. The molecular weight excluding hydrogens is 240 g/mol. The van der Waals surface area contributed by atoms with E-state index in [9.17, 15) is 9.59 Å². The van der Waals surface area contributed by atoms with Gasteiger partial charge >= 0.3 is 5.97 Å². The van der Waals surface area contributed by atoms with Crippen molar-refractivity contribution in [2.75, 3.05) is 6.61 Å². The number of benzene rings is 1. The number of rotatable bonds is 4. The molecule has 0 aromatic heterocycles. The van der Waals surface area contributed by atoms with Crippen LogP contribution in [-0.2, 0) is 9.53 Å². The average Bonchev–Trinajstić information content (AvgIpc) is 3.08. The second kappa shape index (κ2) is 5.00. The maximum atomic E-state index is 12.0. The van der Waals surface area contributed by atoms with Crippen molar-refractivity contribution in [3.05, 3.63) is 48.0 Å². The van der Waals surface area contributed by atoms with Crippen LogP contribution in [0.3, 0.4) is 0 Å². The summed E-state index contributed by atoms with van der Waals surface area (Å²) in [7, 11) is 0. The second-order valence-corrected chi connectivity index (χ2v) is 5.28. The van der Waals surface area contributed by atoms with E-state index in [2.05, 4.69) is 12.2 Å². The van der Waals surface area contributed by atoms with Crippen LogP contribution >= 0.6 is 0 Å². The van der Waals surface area contributed by atoms with Crippen molar-refractivity contribution in [1.82, 2.24) is 0 Å². The van der Waals surface area contributed by atoms with E-state index in [1.807, 2.05) is 6.07 Å². The van der Waals surface area contributed by atoms with E-state index in [1.165, 1.54) is 0 Å². The van der Waals surface area contributed by atoms with Crippen molar-refractivity contribution in [3.63, 3.8) is 0 Å². The molecule has 1 aromatic rings. The van der Waals surface area contributed by atoms with E-state index in [4.69, 9.17) is 4.74 Å². The van der Waals surface area contributed by atoms with Crippen LogP contribution in [0.1, 0.15) is 23.2 Å². The van der Waals surface area contributed by atoms with Crippen molar-refractivity contribution in [1.29, 1.82) is 0 Å². The van der Waals surface area contributed by atoms with Crippen molar-refractivity contribution in [3.8, 4) is 0 Å². The highest BCUT2D eigenvalue weighted by Gasteiger charge is 2.40. The molecule has 3 nitrogen and oxygen atoms in total. The standard InChI is InChI=1S/C16H16O3/c17-15(12-4-2-1-3-5-12)10-19-16(18)14-9-11-6-7-13(14)8-11/h1-7,11,13-14H,8-10H2/t11-,13+,14-/m1/s1. The summed E-state index contributed by atoms with van der Waals surface area (Å²) in [5.74, 6) is 0.448. The maximum absolute atomic E-state index is 12.0. The van der Waals surface area contributed by atoms with Gasteiger partial charge in [-0.2, -0.15) is 0 Å². The Morgan fingerprint density at radius 1 is 1.11 bits per heavy atom. The molecule has 1 fully saturated rings. The van der Waals surface area contributed by atoms with Gasteiger partial charge in [0.15, 0.2) is 12.4 Å². The highest BCUT2D eigenvalue weighted by atomic mass is 16.5. The van der Waals surface area contributed by atoms with E-state index in [1.54, 1.807) is 24.3 Å². The molecule has 0 spiro atoms. The van der Waals surface area contributed by atoms with Crippen LogP contribution < -0.4 is 0 Å². The Hall–Kier alpha value is -1.90. The highest BCUT2D eigenvalue weighted by molar-refractivity contribution is 5.98. The topological polar surface area (TPSA) is 43.4 Å². The summed E-state index contributed by atoms with van der Waals surface area (Å²) in [4.78, 5) is 23.8. The lowest BCUT2D eigenvalue weighted by Crippen LogP contribution is -2.24. The van der Waals surface area contributed by atoms with E-state index in [0.717, 1.165) is 12.8 Å². The van der Waals surface area contributed by atoms with Crippen molar-refractivity contribution < 1.29 is 14.3 Å². The van der Waals surface area contributed by atoms with E-state index in [0.29, 0.717) is 17.4 Å². The summed E-state index contributed by atoms with van der Waals surface area (Å²) in [6.07, 6.45) is 6.23. The first kappa shape index (κ1) is 12.2. The lowest BCUT2D eigenvalue weighted by molar-refractivity contribution is -0.148. The largest absolute Gasteiger partial charge is 0.457 e. The van der Waals surface area contributed by atoms with Crippen LogP contribution in [0, 0.1) is 17.8 Å². The smallest absolute Gasteiger partial charge is 0.310 e. The number of allylic oxidation sites excluding steroid dienone is 2. The fourth-order valence-electron chi connectivity index (χ4n) is 3.00. The number of Topliss-reactive ketones (excluding diaryl/α,β-unsaturated/α-hetero) is 1. The van der Waals surface area contributed by atoms with Gasteiger partial charge in [0.25, 0.3) is 0 Å². The summed E-state index contributed by atoms with van der Waals surface area (Å²) in [5, 5.41) is 0. The van der Waals surface area contributed by atoms with Crippen molar-refractivity contribution in [2.45, 2.75) is 12.8 Å². The zero-order chi connectivity index (χ0) is 13.2. The van der Waals surface area contributed by atoms with E-state index in [-0.39, 0.29) is 24.3 Å². The van der Waals surface area contributed by atoms with Crippen LogP contribution in [0.15, 0.2) is 42.5 Å². The third-order valence-electron chi connectivity index (χ3n) is 4.02. The fourth-order valence-corrected chi connectivity index (χ4v) is 3.00. The average molecular weight is 256 g/mol. The number of hydrogen-bond acceptors (Lipinski definition) is 3. The molecule has 1 aromatic carbocycles. The van der Waals surface area contributed by atoms with Gasteiger partial charge in [-0.25, -0.2) is 0 Å². The fraction of sp³-hybridized carbons (Fsp3) is 0.375. The molecule has 0 amide bonds. The van der Waals surface area contributed by atoms with Crippen molar-refractivity contribution >= 4 is 11.8 Å². The van der Waals surface area contributed by atoms with Gasteiger partial charge in [0.2, 0.25) is 0 Å². The minimum Gasteiger partial charge on any atom is -0.457 e. The first-order chi connectivity index (χ1) is 9.24. The third kappa shape index (κ3) is 2.46. The molecule has 0 radical (unpaired) electrons. The Bertz CT molecular complexity index is 518. The van der Waals surface area contributed by atoms with Crippen molar-refractivity contribution in [2.24, 2.45) is 17.8 Å². The minimum absolute atomic E-state index is 0.0430. The van der Waals surface area contributed by atoms with Crippen LogP contribution in [0.25, 0.3) is 0 Å². The van der Waals surface area contributed by atoms with Gasteiger partial charge in [-0.3, -0.25) is 9.59 Å². The van der Waals surface area contributed by atoms with Gasteiger partial charge < -0.3 is 4.74 Å². The summed E-state index contributed by atoms with van der Waals surface area (Å²) in [6.45, 7) is -0.152. The van der Waals surface area contributed by atoms with Crippen LogP contribution in [0.2, 0.25) is 0 Å². The molecule has 2 bridgehead atoms. The van der Waals surface area contributed by atoms with E-state index >= 15 is 0 Å². The zero-order valence-electron chi connectivity index (χ0n) is 10.6. The number of carbonyl (C=O) groups is 2. The Balaban J connectivity index is 1.54. The maximum Gasteiger partial charge on any atom is 0.310 e. The molecule has 98 valence electrons. The molecule has 3 heteroatoms. The third-order valence-corrected chi connectivity index (χ3v) is 4.02. The molecule has 19 heavy (non-hydrogen) atoms. The molecule has 0 unspecified atom stereocenters. The predicted molar refractivity (Wildman–Crippen MR) is 70.6 cm³/mol. The minimum atomic E-state index is -0.221.